The first kappa shape index (κ1) is 12.6. The Morgan fingerprint density at radius 3 is 2.78 bits per heavy atom. The van der Waals surface area contributed by atoms with E-state index in [-0.39, 0.29) is 5.97 Å². The molecule has 3 heteroatoms. The summed E-state index contributed by atoms with van der Waals surface area (Å²) >= 11 is 0. The van der Waals surface area contributed by atoms with E-state index in [2.05, 4.69) is 18.0 Å². The largest absolute Gasteiger partial charge is 0.462 e. The van der Waals surface area contributed by atoms with Gasteiger partial charge in [0.05, 0.1) is 17.7 Å². The highest BCUT2D eigenvalue weighted by Gasteiger charge is 2.14. The van der Waals surface area contributed by atoms with Crippen molar-refractivity contribution in [2.45, 2.75) is 27.2 Å². The number of carbonyl (C=O) groups excluding carboxylic acids is 1. The molecule has 1 aromatic carbocycles. The molecule has 0 aliphatic heterocycles. The van der Waals surface area contributed by atoms with Gasteiger partial charge in [-0.3, -0.25) is 4.98 Å². The summed E-state index contributed by atoms with van der Waals surface area (Å²) in [4.78, 5) is 16.3. The Labute approximate surface area is 107 Å². The van der Waals surface area contributed by atoms with Crippen LogP contribution in [0.4, 0.5) is 0 Å². The predicted octanol–water partition coefficient (Wildman–Crippen LogP) is 3.28. The molecule has 18 heavy (non-hydrogen) atoms. The van der Waals surface area contributed by atoms with E-state index in [1.165, 1.54) is 0 Å². The smallest absolute Gasteiger partial charge is 0.340 e. The average Bonchev–Trinajstić information content (AvgIpc) is 2.38. The van der Waals surface area contributed by atoms with Gasteiger partial charge in [0.25, 0.3) is 0 Å². The van der Waals surface area contributed by atoms with Crippen LogP contribution in [0, 0.1) is 6.92 Å². The number of esters is 1. The first-order chi connectivity index (χ1) is 8.67. The van der Waals surface area contributed by atoms with Crippen LogP contribution in [0.2, 0.25) is 0 Å². The van der Waals surface area contributed by atoms with Crippen molar-refractivity contribution in [1.82, 2.24) is 4.98 Å². The maximum atomic E-state index is 12.0. The fraction of sp³-hybridized carbons (Fsp3) is 0.333. The lowest BCUT2D eigenvalue weighted by Crippen LogP contribution is -2.07. The zero-order chi connectivity index (χ0) is 13.1. The number of nitrogens with zero attached hydrogens (tertiary/aromatic N) is 1. The maximum absolute atomic E-state index is 12.0. The molecule has 1 aromatic heterocycles. The van der Waals surface area contributed by atoms with Gasteiger partial charge in [-0.05, 0) is 49.6 Å². The molecule has 3 nitrogen and oxygen atoms in total. The van der Waals surface area contributed by atoms with Crippen molar-refractivity contribution < 1.29 is 9.53 Å². The number of aryl methyl sites for hydroxylation is 2. The summed E-state index contributed by atoms with van der Waals surface area (Å²) < 4.78 is 5.10. The molecular weight excluding hydrogens is 226 g/mol. The fourth-order valence-electron chi connectivity index (χ4n) is 2.02. The van der Waals surface area contributed by atoms with Crippen LogP contribution < -0.4 is 0 Å². The lowest BCUT2D eigenvalue weighted by Gasteiger charge is -2.09. The highest BCUT2D eigenvalue weighted by atomic mass is 16.5. The normalized spacial score (nSPS) is 10.6. The van der Waals surface area contributed by atoms with Crippen molar-refractivity contribution in [3.63, 3.8) is 0 Å². The Morgan fingerprint density at radius 2 is 2.11 bits per heavy atom. The van der Waals surface area contributed by atoms with Crippen molar-refractivity contribution >= 4 is 16.9 Å². The molecule has 0 fully saturated rings. The Balaban J connectivity index is 2.70. The van der Waals surface area contributed by atoms with Gasteiger partial charge in [0, 0.05) is 11.6 Å². The van der Waals surface area contributed by atoms with E-state index >= 15 is 0 Å². The lowest BCUT2D eigenvalue weighted by atomic mass is 10.0. The van der Waals surface area contributed by atoms with Gasteiger partial charge in [-0.1, -0.05) is 6.92 Å². The second-order valence-corrected chi connectivity index (χ2v) is 4.24. The molecule has 0 unspecified atom stereocenters. The molecule has 0 bridgehead atoms. The van der Waals surface area contributed by atoms with Crippen LogP contribution in [0.25, 0.3) is 10.9 Å². The minimum atomic E-state index is -0.295. The molecule has 0 N–H and O–H groups in total. The number of fused-ring (bicyclic) bond motifs is 1. The van der Waals surface area contributed by atoms with Gasteiger partial charge in [0.1, 0.15) is 0 Å². The maximum Gasteiger partial charge on any atom is 0.340 e. The van der Waals surface area contributed by atoms with Crippen molar-refractivity contribution in [2.24, 2.45) is 0 Å². The molecule has 1 heterocycles. The molecule has 0 saturated carbocycles. The summed E-state index contributed by atoms with van der Waals surface area (Å²) in [5, 5.41) is 1.03. The van der Waals surface area contributed by atoms with Crippen LogP contribution >= 0.6 is 0 Å². The second kappa shape index (κ2) is 5.17. The Hall–Kier alpha value is -1.90. The Bertz CT molecular complexity index is 590. The summed E-state index contributed by atoms with van der Waals surface area (Å²) in [6.07, 6.45) is 2.61. The highest BCUT2D eigenvalue weighted by Crippen LogP contribution is 2.23. The fourth-order valence-corrected chi connectivity index (χ4v) is 2.02. The van der Waals surface area contributed by atoms with Crippen LogP contribution in [0.5, 0.6) is 0 Å². The average molecular weight is 243 g/mol. The molecular formula is C15H17NO2. The zero-order valence-electron chi connectivity index (χ0n) is 11.0. The van der Waals surface area contributed by atoms with Gasteiger partial charge < -0.3 is 4.74 Å². The predicted molar refractivity (Wildman–Crippen MR) is 71.8 cm³/mol. The van der Waals surface area contributed by atoms with E-state index in [1.54, 1.807) is 6.20 Å². The third-order valence-electron chi connectivity index (χ3n) is 3.03. The third kappa shape index (κ3) is 2.21. The first-order valence-electron chi connectivity index (χ1n) is 6.22. The molecule has 0 saturated heterocycles. The van der Waals surface area contributed by atoms with Gasteiger partial charge >= 0.3 is 5.97 Å². The molecule has 0 atom stereocenters. The van der Waals surface area contributed by atoms with E-state index in [0.29, 0.717) is 12.2 Å². The van der Waals surface area contributed by atoms with Gasteiger partial charge in [0.15, 0.2) is 0 Å². The third-order valence-corrected chi connectivity index (χ3v) is 3.03. The van der Waals surface area contributed by atoms with E-state index in [1.807, 2.05) is 26.0 Å². The quantitative estimate of drug-likeness (QED) is 0.776. The van der Waals surface area contributed by atoms with E-state index in [9.17, 15) is 4.79 Å². The number of carbonyl (C=O) groups is 1. The van der Waals surface area contributed by atoms with Gasteiger partial charge in [0.2, 0.25) is 0 Å². The minimum Gasteiger partial charge on any atom is -0.462 e. The van der Waals surface area contributed by atoms with Crippen LogP contribution in [-0.2, 0) is 11.2 Å². The number of hydrogen-bond donors (Lipinski definition) is 0. The molecule has 94 valence electrons. The number of pyridine rings is 1. The number of hydrogen-bond acceptors (Lipinski definition) is 3. The second-order valence-electron chi connectivity index (χ2n) is 4.24. The Kier molecular flexibility index (Phi) is 3.60. The summed E-state index contributed by atoms with van der Waals surface area (Å²) in [5.74, 6) is -0.295. The van der Waals surface area contributed by atoms with Crippen molar-refractivity contribution in [3.05, 3.63) is 41.1 Å². The van der Waals surface area contributed by atoms with Crippen LogP contribution in [0.1, 0.15) is 35.3 Å². The molecule has 2 rings (SSSR count). The zero-order valence-corrected chi connectivity index (χ0v) is 11.0. The molecule has 2 aromatic rings. The number of benzene rings is 1. The van der Waals surface area contributed by atoms with E-state index < -0.39 is 0 Å². The van der Waals surface area contributed by atoms with E-state index in [0.717, 1.165) is 28.5 Å². The van der Waals surface area contributed by atoms with E-state index in [4.69, 9.17) is 4.74 Å². The van der Waals surface area contributed by atoms with Crippen molar-refractivity contribution in [1.29, 1.82) is 0 Å². The van der Waals surface area contributed by atoms with Crippen LogP contribution in [-0.4, -0.2) is 17.6 Å². The van der Waals surface area contributed by atoms with Crippen LogP contribution in [0.15, 0.2) is 24.4 Å². The minimum absolute atomic E-state index is 0.295. The van der Waals surface area contributed by atoms with Gasteiger partial charge in [-0.25, -0.2) is 4.79 Å². The molecule has 0 amide bonds. The SMILES string of the molecule is CCOC(=O)c1cc(CC)cc2c(C)ccnc12. The van der Waals surface area contributed by atoms with Gasteiger partial charge in [-0.2, -0.15) is 0 Å². The summed E-state index contributed by atoms with van der Waals surface area (Å²) in [6.45, 7) is 6.28. The molecule has 0 aliphatic rings. The van der Waals surface area contributed by atoms with Crippen LogP contribution in [0.3, 0.4) is 0 Å². The summed E-state index contributed by atoms with van der Waals surface area (Å²) in [7, 11) is 0. The molecule has 0 radical (unpaired) electrons. The standard InChI is InChI=1S/C15H17NO2/c1-4-11-8-12-10(3)6-7-16-14(12)13(9-11)15(17)18-5-2/h6-9H,4-5H2,1-3H3. The summed E-state index contributed by atoms with van der Waals surface area (Å²) in [6, 6.07) is 5.93. The summed E-state index contributed by atoms with van der Waals surface area (Å²) in [5.41, 5.74) is 3.54. The van der Waals surface area contributed by atoms with Gasteiger partial charge in [-0.15, -0.1) is 0 Å². The first-order valence-corrected chi connectivity index (χ1v) is 6.22. The lowest BCUT2D eigenvalue weighted by molar-refractivity contribution is 0.0528. The van der Waals surface area contributed by atoms with Crippen molar-refractivity contribution in [2.75, 3.05) is 6.61 Å². The number of ether oxygens (including phenoxy) is 1. The van der Waals surface area contributed by atoms with Crippen molar-refractivity contribution in [3.8, 4) is 0 Å². The number of rotatable bonds is 3. The monoisotopic (exact) mass is 243 g/mol. The molecule has 0 aliphatic carbocycles. The Morgan fingerprint density at radius 1 is 1.33 bits per heavy atom. The topological polar surface area (TPSA) is 39.2 Å². The molecule has 0 spiro atoms. The number of aromatic nitrogens is 1. The highest BCUT2D eigenvalue weighted by molar-refractivity contribution is 6.03.